The van der Waals surface area contributed by atoms with Gasteiger partial charge in [-0.15, -0.1) is 0 Å². The molecule has 2 heterocycles. The van der Waals surface area contributed by atoms with E-state index < -0.39 is 11.8 Å². The smallest absolute Gasteiger partial charge is 0.275 e. The van der Waals surface area contributed by atoms with Gasteiger partial charge in [0.05, 0.1) is 5.02 Å². The maximum atomic E-state index is 12.5. The molecular formula is C17H13ClN4O3. The maximum absolute atomic E-state index is 12.5. The Kier molecular flexibility index (Phi) is 4.76. The van der Waals surface area contributed by atoms with Crippen molar-refractivity contribution in [3.05, 3.63) is 70.7 Å². The van der Waals surface area contributed by atoms with Gasteiger partial charge < -0.3 is 4.52 Å². The molecule has 3 rings (SSSR count). The van der Waals surface area contributed by atoms with Crippen LogP contribution in [0, 0.1) is 6.92 Å². The van der Waals surface area contributed by atoms with E-state index in [2.05, 4.69) is 21.0 Å². The van der Waals surface area contributed by atoms with Crippen LogP contribution in [0.4, 0.5) is 0 Å². The molecule has 2 amide bonds. The van der Waals surface area contributed by atoms with E-state index in [4.69, 9.17) is 16.1 Å². The van der Waals surface area contributed by atoms with E-state index in [1.165, 1.54) is 24.5 Å². The number of amides is 2. The first kappa shape index (κ1) is 16.7. The molecule has 0 saturated carbocycles. The van der Waals surface area contributed by atoms with Crippen LogP contribution in [0.5, 0.6) is 0 Å². The van der Waals surface area contributed by atoms with E-state index in [1.54, 1.807) is 31.2 Å². The summed E-state index contributed by atoms with van der Waals surface area (Å²) < 4.78 is 5.13. The first-order chi connectivity index (χ1) is 12.1. The monoisotopic (exact) mass is 356 g/mol. The van der Waals surface area contributed by atoms with Gasteiger partial charge in [-0.1, -0.05) is 35.0 Å². The number of aryl methyl sites for hydroxylation is 1. The van der Waals surface area contributed by atoms with Crippen molar-refractivity contribution in [2.75, 3.05) is 0 Å². The quantitative estimate of drug-likeness (QED) is 0.703. The molecule has 126 valence electrons. The number of hydrazine groups is 1. The first-order valence-corrected chi connectivity index (χ1v) is 7.67. The maximum Gasteiger partial charge on any atom is 0.275 e. The second-order valence-electron chi connectivity index (χ2n) is 5.09. The lowest BCUT2D eigenvalue weighted by Gasteiger charge is -2.08. The van der Waals surface area contributed by atoms with Crippen LogP contribution in [-0.4, -0.2) is 22.0 Å². The van der Waals surface area contributed by atoms with Crippen LogP contribution in [0.2, 0.25) is 5.02 Å². The van der Waals surface area contributed by atoms with E-state index in [0.29, 0.717) is 27.6 Å². The Morgan fingerprint density at radius 1 is 1.04 bits per heavy atom. The number of hydrogen-bond donors (Lipinski definition) is 2. The number of nitrogens with one attached hydrogen (secondary N) is 2. The molecule has 0 atom stereocenters. The normalized spacial score (nSPS) is 10.3. The second kappa shape index (κ2) is 7.14. The molecule has 0 unspecified atom stereocenters. The van der Waals surface area contributed by atoms with Crippen LogP contribution in [0.25, 0.3) is 11.3 Å². The third-order valence-corrected chi connectivity index (χ3v) is 3.78. The molecule has 8 heteroatoms. The molecule has 0 aliphatic heterocycles. The molecule has 7 nitrogen and oxygen atoms in total. The number of hydrogen-bond acceptors (Lipinski definition) is 5. The highest BCUT2D eigenvalue weighted by molar-refractivity contribution is 6.33. The minimum atomic E-state index is -0.559. The Labute approximate surface area is 148 Å². The van der Waals surface area contributed by atoms with Gasteiger partial charge in [-0.2, -0.15) is 0 Å². The second-order valence-corrected chi connectivity index (χ2v) is 5.49. The van der Waals surface area contributed by atoms with Crippen molar-refractivity contribution in [2.45, 2.75) is 6.92 Å². The Hall–Kier alpha value is -3.19. The highest BCUT2D eigenvalue weighted by atomic mass is 35.5. The Morgan fingerprint density at radius 2 is 1.72 bits per heavy atom. The van der Waals surface area contributed by atoms with Crippen LogP contribution in [-0.2, 0) is 0 Å². The molecular weight excluding hydrogens is 344 g/mol. The van der Waals surface area contributed by atoms with Crippen LogP contribution in [0.15, 0.2) is 53.3 Å². The lowest BCUT2D eigenvalue weighted by molar-refractivity contribution is 0.0846. The summed E-state index contributed by atoms with van der Waals surface area (Å²) in [4.78, 5) is 28.3. The number of benzene rings is 1. The van der Waals surface area contributed by atoms with Crippen molar-refractivity contribution in [1.29, 1.82) is 0 Å². The predicted molar refractivity (Wildman–Crippen MR) is 90.9 cm³/mol. The van der Waals surface area contributed by atoms with Gasteiger partial charge in [0, 0.05) is 23.5 Å². The average molecular weight is 357 g/mol. The number of carbonyl (C=O) groups is 2. The summed E-state index contributed by atoms with van der Waals surface area (Å²) in [6.07, 6.45) is 2.97. The van der Waals surface area contributed by atoms with Gasteiger partial charge in [0.25, 0.3) is 11.8 Å². The summed E-state index contributed by atoms with van der Waals surface area (Å²) in [5, 5.41) is 4.35. The summed E-state index contributed by atoms with van der Waals surface area (Å²) in [7, 11) is 0. The first-order valence-electron chi connectivity index (χ1n) is 7.30. The molecule has 25 heavy (non-hydrogen) atoms. The molecule has 0 radical (unpaired) electrons. The van der Waals surface area contributed by atoms with Gasteiger partial charge in [0.15, 0.2) is 0 Å². The summed E-state index contributed by atoms with van der Waals surface area (Å²) in [5.41, 5.74) is 6.12. The summed E-state index contributed by atoms with van der Waals surface area (Å²) in [5.74, 6) is -0.717. The number of nitrogens with zero attached hydrogens (tertiary/aromatic N) is 2. The van der Waals surface area contributed by atoms with Gasteiger partial charge in [0.1, 0.15) is 17.0 Å². The fourth-order valence-corrected chi connectivity index (χ4v) is 2.45. The van der Waals surface area contributed by atoms with Gasteiger partial charge in [0.2, 0.25) is 0 Å². The highest BCUT2D eigenvalue weighted by Crippen LogP contribution is 2.30. The van der Waals surface area contributed by atoms with E-state index in [-0.39, 0.29) is 5.56 Å². The molecule has 0 aliphatic rings. The molecule has 0 fully saturated rings. The van der Waals surface area contributed by atoms with Crippen molar-refractivity contribution in [1.82, 2.24) is 21.0 Å². The summed E-state index contributed by atoms with van der Waals surface area (Å²) >= 11 is 6.16. The van der Waals surface area contributed by atoms with Crippen molar-refractivity contribution in [2.24, 2.45) is 0 Å². The standard InChI is InChI=1S/C17H13ClN4O3/c1-10-14(15(22-25-10)12-4-2-3-5-13(12)18)17(24)21-20-16(23)11-6-8-19-9-7-11/h2-9H,1H3,(H,20,23)(H,21,24). The van der Waals surface area contributed by atoms with Crippen LogP contribution >= 0.6 is 11.6 Å². The van der Waals surface area contributed by atoms with Gasteiger partial charge in [-0.05, 0) is 25.1 Å². The minimum Gasteiger partial charge on any atom is -0.360 e. The Bertz CT molecular complexity index is 925. The number of rotatable bonds is 3. The Balaban J connectivity index is 1.80. The molecule has 0 aliphatic carbocycles. The van der Waals surface area contributed by atoms with E-state index in [1.807, 2.05) is 0 Å². The average Bonchev–Trinajstić information content (AvgIpc) is 3.02. The van der Waals surface area contributed by atoms with Crippen molar-refractivity contribution in [3.8, 4) is 11.3 Å². The molecule has 0 saturated heterocycles. The summed E-state index contributed by atoms with van der Waals surface area (Å²) in [6, 6.07) is 10.0. The molecule has 0 spiro atoms. The van der Waals surface area contributed by atoms with Crippen LogP contribution in [0.1, 0.15) is 26.5 Å². The van der Waals surface area contributed by atoms with Gasteiger partial charge in [-0.3, -0.25) is 25.4 Å². The van der Waals surface area contributed by atoms with Crippen molar-refractivity contribution in [3.63, 3.8) is 0 Å². The molecule has 1 aromatic carbocycles. The zero-order chi connectivity index (χ0) is 17.8. The van der Waals surface area contributed by atoms with Gasteiger partial charge >= 0.3 is 0 Å². The fraction of sp³-hybridized carbons (Fsp3) is 0.0588. The Morgan fingerprint density at radius 3 is 2.44 bits per heavy atom. The summed E-state index contributed by atoms with van der Waals surface area (Å²) in [6.45, 7) is 1.60. The fourth-order valence-electron chi connectivity index (χ4n) is 2.23. The predicted octanol–water partition coefficient (Wildman–Crippen LogP) is 2.77. The molecule has 2 N–H and O–H groups in total. The van der Waals surface area contributed by atoms with Crippen LogP contribution in [0.3, 0.4) is 0 Å². The topological polar surface area (TPSA) is 97.1 Å². The van der Waals surface area contributed by atoms with Crippen molar-refractivity contribution < 1.29 is 14.1 Å². The number of aromatic nitrogens is 2. The van der Waals surface area contributed by atoms with E-state index in [0.717, 1.165) is 0 Å². The molecule has 3 aromatic rings. The van der Waals surface area contributed by atoms with Crippen molar-refractivity contribution >= 4 is 23.4 Å². The van der Waals surface area contributed by atoms with Gasteiger partial charge in [-0.25, -0.2) is 0 Å². The molecule has 2 aromatic heterocycles. The SMILES string of the molecule is Cc1onc(-c2ccccc2Cl)c1C(=O)NNC(=O)c1ccncc1. The third-order valence-electron chi connectivity index (χ3n) is 3.45. The highest BCUT2D eigenvalue weighted by Gasteiger charge is 2.23. The number of pyridine rings is 1. The third kappa shape index (κ3) is 3.51. The molecule has 0 bridgehead atoms. The van der Waals surface area contributed by atoms with E-state index in [9.17, 15) is 9.59 Å². The number of halogens is 1. The minimum absolute atomic E-state index is 0.197. The lowest BCUT2D eigenvalue weighted by Crippen LogP contribution is -2.41. The van der Waals surface area contributed by atoms with Crippen LogP contribution < -0.4 is 10.9 Å². The zero-order valence-electron chi connectivity index (χ0n) is 13.1. The zero-order valence-corrected chi connectivity index (χ0v) is 13.9. The lowest BCUT2D eigenvalue weighted by atomic mass is 10.1. The largest absolute Gasteiger partial charge is 0.360 e. The van der Waals surface area contributed by atoms with E-state index >= 15 is 0 Å². The number of carbonyl (C=O) groups excluding carboxylic acids is 2.